The fraction of sp³-hybridized carbons (Fsp3) is 0.467. The molecule has 118 valence electrons. The van der Waals surface area contributed by atoms with Crippen LogP contribution in [-0.4, -0.2) is 44.8 Å². The van der Waals surface area contributed by atoms with Crippen LogP contribution in [0, 0.1) is 0 Å². The highest BCUT2D eigenvalue weighted by Gasteiger charge is 2.24. The molecule has 1 aliphatic rings. The van der Waals surface area contributed by atoms with E-state index in [-0.39, 0.29) is 0 Å². The summed E-state index contributed by atoms with van der Waals surface area (Å²) in [5.74, 6) is 1.39. The summed E-state index contributed by atoms with van der Waals surface area (Å²) in [6, 6.07) is 5.20. The van der Waals surface area contributed by atoms with Gasteiger partial charge in [0, 0.05) is 28.1 Å². The van der Waals surface area contributed by atoms with Crippen molar-refractivity contribution in [3.05, 3.63) is 46.0 Å². The number of aliphatic hydroxyl groups is 1. The van der Waals surface area contributed by atoms with Gasteiger partial charge >= 0.3 is 0 Å². The minimum Gasteiger partial charge on any atom is -0.387 e. The van der Waals surface area contributed by atoms with Gasteiger partial charge in [-0.1, -0.05) is 29.3 Å². The van der Waals surface area contributed by atoms with Gasteiger partial charge in [-0.25, -0.2) is 4.98 Å². The summed E-state index contributed by atoms with van der Waals surface area (Å²) < 4.78 is 0. The lowest BCUT2D eigenvalue weighted by Crippen LogP contribution is -2.36. The Balaban J connectivity index is 1.56. The predicted octanol–water partition coefficient (Wildman–Crippen LogP) is 3.02. The molecule has 0 bridgehead atoms. The first-order valence-electron chi connectivity index (χ1n) is 7.34. The molecule has 1 unspecified atom stereocenters. The number of hydrogen-bond acceptors (Lipinski definition) is 4. The van der Waals surface area contributed by atoms with Crippen molar-refractivity contribution < 1.29 is 5.11 Å². The standard InChI is InChI=1S/C15H18Cl2N4O/c16-11-1-2-12(13(17)7-11)14(22)8-21-5-3-10(4-6-21)15-18-9-19-20-15/h1-2,7,9-10,14,22H,3-6,8H2,(H,18,19,20). The summed E-state index contributed by atoms with van der Waals surface area (Å²) in [5, 5.41) is 18.3. The third-order valence-electron chi connectivity index (χ3n) is 4.16. The summed E-state index contributed by atoms with van der Waals surface area (Å²) >= 11 is 12.0. The van der Waals surface area contributed by atoms with Crippen LogP contribution in [0.4, 0.5) is 0 Å². The molecule has 1 atom stereocenters. The van der Waals surface area contributed by atoms with Gasteiger partial charge in [0.1, 0.15) is 12.2 Å². The quantitative estimate of drug-likeness (QED) is 0.897. The van der Waals surface area contributed by atoms with E-state index >= 15 is 0 Å². The summed E-state index contributed by atoms with van der Waals surface area (Å²) in [5.41, 5.74) is 0.725. The van der Waals surface area contributed by atoms with Crippen LogP contribution < -0.4 is 0 Å². The lowest BCUT2D eigenvalue weighted by molar-refractivity contribution is 0.0967. The Morgan fingerprint density at radius 3 is 2.73 bits per heavy atom. The van der Waals surface area contributed by atoms with E-state index in [9.17, 15) is 5.11 Å². The number of benzene rings is 1. The summed E-state index contributed by atoms with van der Waals surface area (Å²) in [7, 11) is 0. The van der Waals surface area contributed by atoms with Crippen molar-refractivity contribution in [2.45, 2.75) is 24.9 Å². The van der Waals surface area contributed by atoms with E-state index in [0.717, 1.165) is 37.3 Å². The van der Waals surface area contributed by atoms with Crippen LogP contribution in [0.2, 0.25) is 10.0 Å². The SMILES string of the molecule is OC(CN1CCC(c2ncn[nH]2)CC1)c1ccc(Cl)cc1Cl. The largest absolute Gasteiger partial charge is 0.387 e. The average Bonchev–Trinajstić information content (AvgIpc) is 3.02. The molecule has 5 nitrogen and oxygen atoms in total. The van der Waals surface area contributed by atoms with Crippen LogP contribution >= 0.6 is 23.2 Å². The lowest BCUT2D eigenvalue weighted by Gasteiger charge is -2.32. The van der Waals surface area contributed by atoms with Crippen LogP contribution in [0.25, 0.3) is 0 Å². The maximum Gasteiger partial charge on any atom is 0.137 e. The average molecular weight is 341 g/mol. The number of nitrogens with one attached hydrogen (secondary N) is 1. The van der Waals surface area contributed by atoms with Crippen LogP contribution in [0.15, 0.2) is 24.5 Å². The van der Waals surface area contributed by atoms with Gasteiger partial charge in [-0.3, -0.25) is 5.10 Å². The molecule has 0 aliphatic carbocycles. The summed E-state index contributed by atoms with van der Waals surface area (Å²) in [6.45, 7) is 2.42. The number of likely N-dealkylation sites (tertiary alicyclic amines) is 1. The van der Waals surface area contributed by atoms with Crippen molar-refractivity contribution in [3.8, 4) is 0 Å². The Bertz CT molecular complexity index is 612. The zero-order chi connectivity index (χ0) is 15.5. The molecular formula is C15H18Cl2N4O. The van der Waals surface area contributed by atoms with E-state index in [4.69, 9.17) is 23.2 Å². The maximum absolute atomic E-state index is 10.4. The molecule has 22 heavy (non-hydrogen) atoms. The van der Waals surface area contributed by atoms with Gasteiger partial charge in [-0.2, -0.15) is 5.10 Å². The third kappa shape index (κ3) is 3.60. The minimum atomic E-state index is -0.605. The van der Waals surface area contributed by atoms with Crippen molar-refractivity contribution in [1.29, 1.82) is 0 Å². The fourth-order valence-electron chi connectivity index (χ4n) is 2.92. The van der Waals surface area contributed by atoms with Gasteiger partial charge in [-0.15, -0.1) is 0 Å². The van der Waals surface area contributed by atoms with Gasteiger partial charge in [0.25, 0.3) is 0 Å². The molecule has 1 aromatic carbocycles. The number of hydrogen-bond donors (Lipinski definition) is 2. The van der Waals surface area contributed by atoms with Gasteiger partial charge in [-0.05, 0) is 38.1 Å². The second-order valence-electron chi connectivity index (χ2n) is 5.63. The van der Waals surface area contributed by atoms with Crippen molar-refractivity contribution in [1.82, 2.24) is 20.1 Å². The molecule has 3 rings (SSSR count). The van der Waals surface area contributed by atoms with Crippen molar-refractivity contribution >= 4 is 23.2 Å². The van der Waals surface area contributed by atoms with Crippen molar-refractivity contribution in [3.63, 3.8) is 0 Å². The van der Waals surface area contributed by atoms with E-state index < -0.39 is 6.10 Å². The summed E-state index contributed by atoms with van der Waals surface area (Å²) in [4.78, 5) is 6.48. The second kappa shape index (κ2) is 6.96. The first kappa shape index (κ1) is 15.7. The number of aromatic nitrogens is 3. The first-order chi connectivity index (χ1) is 10.6. The Morgan fingerprint density at radius 2 is 2.09 bits per heavy atom. The molecule has 7 heteroatoms. The van der Waals surface area contributed by atoms with E-state index in [2.05, 4.69) is 20.1 Å². The second-order valence-corrected chi connectivity index (χ2v) is 6.47. The molecule has 2 heterocycles. The number of halogens is 2. The molecule has 1 aliphatic heterocycles. The zero-order valence-corrected chi connectivity index (χ0v) is 13.6. The molecule has 1 fully saturated rings. The molecule has 2 N–H and O–H groups in total. The molecule has 0 amide bonds. The van der Waals surface area contributed by atoms with Crippen molar-refractivity contribution in [2.24, 2.45) is 0 Å². The fourth-order valence-corrected chi connectivity index (χ4v) is 3.45. The van der Waals surface area contributed by atoms with Crippen LogP contribution in [0.3, 0.4) is 0 Å². The van der Waals surface area contributed by atoms with Gasteiger partial charge in [0.15, 0.2) is 0 Å². The zero-order valence-electron chi connectivity index (χ0n) is 12.0. The van der Waals surface area contributed by atoms with E-state index in [1.807, 2.05) is 0 Å². The lowest BCUT2D eigenvalue weighted by atomic mass is 9.95. The van der Waals surface area contributed by atoms with Crippen molar-refractivity contribution in [2.75, 3.05) is 19.6 Å². The molecule has 0 spiro atoms. The predicted molar refractivity (Wildman–Crippen MR) is 86.2 cm³/mol. The van der Waals surface area contributed by atoms with E-state index in [1.165, 1.54) is 0 Å². The Hall–Kier alpha value is -1.14. The van der Waals surface area contributed by atoms with Crippen LogP contribution in [-0.2, 0) is 0 Å². The monoisotopic (exact) mass is 340 g/mol. The van der Waals surface area contributed by atoms with Crippen LogP contribution in [0.1, 0.15) is 36.3 Å². The molecule has 0 radical (unpaired) electrons. The molecule has 1 aromatic heterocycles. The maximum atomic E-state index is 10.4. The smallest absolute Gasteiger partial charge is 0.137 e. The Labute approximate surface area is 139 Å². The molecule has 2 aromatic rings. The number of β-amino-alcohol motifs (C(OH)–C–C–N with tert-alkyl or cyclic N) is 1. The number of aliphatic hydroxyl groups excluding tert-OH is 1. The van der Waals surface area contributed by atoms with Gasteiger partial charge < -0.3 is 10.0 Å². The topological polar surface area (TPSA) is 65.0 Å². The highest BCUT2D eigenvalue weighted by molar-refractivity contribution is 6.35. The van der Waals surface area contributed by atoms with Gasteiger partial charge in [0.05, 0.1) is 6.10 Å². The number of H-pyrrole nitrogens is 1. The minimum absolute atomic E-state index is 0.426. The highest BCUT2D eigenvalue weighted by atomic mass is 35.5. The Morgan fingerprint density at radius 1 is 1.32 bits per heavy atom. The Kier molecular flexibility index (Phi) is 4.98. The summed E-state index contributed by atoms with van der Waals surface area (Å²) in [6.07, 6.45) is 2.96. The molecule has 0 saturated carbocycles. The number of aromatic amines is 1. The number of nitrogens with zero attached hydrogens (tertiary/aromatic N) is 3. The van der Waals surface area contributed by atoms with E-state index in [0.29, 0.717) is 22.5 Å². The molecule has 1 saturated heterocycles. The van der Waals surface area contributed by atoms with Gasteiger partial charge in [0.2, 0.25) is 0 Å². The highest BCUT2D eigenvalue weighted by Crippen LogP contribution is 2.29. The third-order valence-corrected chi connectivity index (χ3v) is 4.72. The first-order valence-corrected chi connectivity index (χ1v) is 8.09. The van der Waals surface area contributed by atoms with Crippen LogP contribution in [0.5, 0.6) is 0 Å². The van der Waals surface area contributed by atoms with E-state index in [1.54, 1.807) is 24.5 Å². The number of piperidine rings is 1. The normalized spacial score (nSPS) is 18.5. The molecular weight excluding hydrogens is 323 g/mol. The number of rotatable bonds is 4.